The molecule has 0 fully saturated rings. The lowest BCUT2D eigenvalue weighted by Gasteiger charge is -2.20. The first-order valence-corrected chi connectivity index (χ1v) is 4.26. The molecule has 0 aliphatic heterocycles. The Balaban J connectivity index is 3.75. The molecule has 0 aromatic heterocycles. The zero-order chi connectivity index (χ0) is 8.69. The van der Waals surface area contributed by atoms with E-state index in [1.165, 1.54) is 0 Å². The van der Waals surface area contributed by atoms with Crippen LogP contribution in [0.15, 0.2) is 12.7 Å². The summed E-state index contributed by atoms with van der Waals surface area (Å²) in [7, 11) is 0. The summed E-state index contributed by atoms with van der Waals surface area (Å²) in [4.78, 5) is 0. The van der Waals surface area contributed by atoms with Gasteiger partial charge in [0.15, 0.2) is 0 Å². The SMILES string of the molecule is C=CC(N)C(CCC)OCC. The highest BCUT2D eigenvalue weighted by Gasteiger charge is 2.12. The summed E-state index contributed by atoms with van der Waals surface area (Å²) in [5.41, 5.74) is 5.75. The first-order chi connectivity index (χ1) is 5.26. The summed E-state index contributed by atoms with van der Waals surface area (Å²) >= 11 is 0. The predicted molar refractivity (Wildman–Crippen MR) is 48.5 cm³/mol. The second-order valence-corrected chi connectivity index (χ2v) is 2.60. The molecule has 2 nitrogen and oxygen atoms in total. The summed E-state index contributed by atoms with van der Waals surface area (Å²) in [6.07, 6.45) is 4.02. The topological polar surface area (TPSA) is 35.2 Å². The lowest BCUT2D eigenvalue weighted by atomic mass is 10.1. The molecule has 0 aliphatic rings. The van der Waals surface area contributed by atoms with Crippen LogP contribution in [0, 0.1) is 0 Å². The van der Waals surface area contributed by atoms with E-state index < -0.39 is 0 Å². The number of nitrogens with two attached hydrogens (primary N) is 1. The maximum atomic E-state index is 5.75. The molecule has 0 radical (unpaired) electrons. The number of hydrogen-bond donors (Lipinski definition) is 1. The van der Waals surface area contributed by atoms with Gasteiger partial charge in [0.2, 0.25) is 0 Å². The highest BCUT2D eigenvalue weighted by atomic mass is 16.5. The first-order valence-electron chi connectivity index (χ1n) is 4.26. The molecule has 0 heterocycles. The van der Waals surface area contributed by atoms with E-state index in [1.807, 2.05) is 6.92 Å². The maximum Gasteiger partial charge on any atom is 0.0761 e. The van der Waals surface area contributed by atoms with Gasteiger partial charge in [-0.05, 0) is 13.3 Å². The minimum Gasteiger partial charge on any atom is -0.377 e. The summed E-state index contributed by atoms with van der Waals surface area (Å²) in [6, 6.07) is -0.0186. The number of rotatable bonds is 6. The minimum absolute atomic E-state index is 0.0186. The van der Waals surface area contributed by atoms with E-state index in [1.54, 1.807) is 6.08 Å². The van der Waals surface area contributed by atoms with Crippen LogP contribution < -0.4 is 5.73 Å². The van der Waals surface area contributed by atoms with Gasteiger partial charge < -0.3 is 10.5 Å². The highest BCUT2D eigenvalue weighted by molar-refractivity contribution is 4.88. The average Bonchev–Trinajstić information content (AvgIpc) is 2.03. The van der Waals surface area contributed by atoms with Crippen molar-refractivity contribution in [1.82, 2.24) is 0 Å². The molecular weight excluding hydrogens is 138 g/mol. The molecule has 2 unspecified atom stereocenters. The second-order valence-electron chi connectivity index (χ2n) is 2.60. The lowest BCUT2D eigenvalue weighted by molar-refractivity contribution is 0.0478. The van der Waals surface area contributed by atoms with Gasteiger partial charge in [-0.2, -0.15) is 0 Å². The fourth-order valence-electron chi connectivity index (χ4n) is 1.04. The van der Waals surface area contributed by atoms with Crippen LogP contribution in [0.25, 0.3) is 0 Å². The third-order valence-electron chi connectivity index (χ3n) is 1.66. The molecule has 0 aliphatic carbocycles. The minimum atomic E-state index is -0.0186. The van der Waals surface area contributed by atoms with Crippen molar-refractivity contribution < 1.29 is 4.74 Å². The van der Waals surface area contributed by atoms with Gasteiger partial charge in [-0.15, -0.1) is 6.58 Å². The van der Waals surface area contributed by atoms with Gasteiger partial charge in [0.25, 0.3) is 0 Å². The van der Waals surface area contributed by atoms with Crippen LogP contribution in [0.4, 0.5) is 0 Å². The van der Waals surface area contributed by atoms with Crippen LogP contribution >= 0.6 is 0 Å². The molecule has 0 bridgehead atoms. The Morgan fingerprint density at radius 1 is 1.55 bits per heavy atom. The molecule has 0 aromatic carbocycles. The van der Waals surface area contributed by atoms with Crippen LogP contribution in [0.1, 0.15) is 26.7 Å². The monoisotopic (exact) mass is 157 g/mol. The number of hydrogen-bond acceptors (Lipinski definition) is 2. The van der Waals surface area contributed by atoms with Gasteiger partial charge in [0.1, 0.15) is 0 Å². The molecule has 11 heavy (non-hydrogen) atoms. The molecule has 0 aromatic rings. The van der Waals surface area contributed by atoms with Crippen molar-refractivity contribution in [1.29, 1.82) is 0 Å². The van der Waals surface area contributed by atoms with Gasteiger partial charge in [0, 0.05) is 12.6 Å². The van der Waals surface area contributed by atoms with Crippen LogP contribution in [0.3, 0.4) is 0 Å². The summed E-state index contributed by atoms with van der Waals surface area (Å²) in [5.74, 6) is 0. The molecule has 2 atom stereocenters. The van der Waals surface area contributed by atoms with Crippen molar-refractivity contribution in [2.24, 2.45) is 5.73 Å². The van der Waals surface area contributed by atoms with E-state index in [0.29, 0.717) is 0 Å². The Labute approximate surface area is 69.4 Å². The Morgan fingerprint density at radius 3 is 2.55 bits per heavy atom. The summed E-state index contributed by atoms with van der Waals surface area (Å²) < 4.78 is 5.44. The fourth-order valence-corrected chi connectivity index (χ4v) is 1.04. The fraction of sp³-hybridized carbons (Fsp3) is 0.778. The smallest absolute Gasteiger partial charge is 0.0761 e. The molecule has 0 spiro atoms. The van der Waals surface area contributed by atoms with Crippen LogP contribution in [0.2, 0.25) is 0 Å². The van der Waals surface area contributed by atoms with E-state index in [2.05, 4.69) is 13.5 Å². The average molecular weight is 157 g/mol. The van der Waals surface area contributed by atoms with Gasteiger partial charge in [-0.25, -0.2) is 0 Å². The van der Waals surface area contributed by atoms with Gasteiger partial charge in [-0.1, -0.05) is 19.4 Å². The van der Waals surface area contributed by atoms with E-state index in [-0.39, 0.29) is 12.1 Å². The van der Waals surface area contributed by atoms with Crippen LogP contribution in [-0.4, -0.2) is 18.8 Å². The largest absolute Gasteiger partial charge is 0.377 e. The quantitative estimate of drug-likeness (QED) is 0.596. The van der Waals surface area contributed by atoms with Crippen LogP contribution in [-0.2, 0) is 4.74 Å². The molecule has 0 amide bonds. The van der Waals surface area contributed by atoms with Gasteiger partial charge in [-0.3, -0.25) is 0 Å². The molecular formula is C9H19NO. The standard InChI is InChI=1S/C9H19NO/c1-4-7-9(11-6-3)8(10)5-2/h5,8-9H,2,4,6-7,10H2,1,3H3. The Hall–Kier alpha value is -0.340. The third kappa shape index (κ3) is 4.17. The van der Waals surface area contributed by atoms with Crippen molar-refractivity contribution in [2.45, 2.75) is 38.8 Å². The third-order valence-corrected chi connectivity index (χ3v) is 1.66. The maximum absolute atomic E-state index is 5.75. The first kappa shape index (κ1) is 10.7. The van der Waals surface area contributed by atoms with Crippen molar-refractivity contribution in [3.63, 3.8) is 0 Å². The molecule has 0 saturated carbocycles. The van der Waals surface area contributed by atoms with Crippen molar-refractivity contribution in [3.05, 3.63) is 12.7 Å². The highest BCUT2D eigenvalue weighted by Crippen LogP contribution is 2.06. The Kier molecular flexibility index (Phi) is 6.18. The summed E-state index contributed by atoms with van der Waals surface area (Å²) in [5, 5.41) is 0. The van der Waals surface area contributed by atoms with Crippen molar-refractivity contribution in [3.8, 4) is 0 Å². The van der Waals surface area contributed by atoms with E-state index >= 15 is 0 Å². The molecule has 66 valence electrons. The van der Waals surface area contributed by atoms with Crippen molar-refractivity contribution >= 4 is 0 Å². The lowest BCUT2D eigenvalue weighted by Crippen LogP contribution is -2.34. The van der Waals surface area contributed by atoms with E-state index in [4.69, 9.17) is 10.5 Å². The Bertz CT molecular complexity index is 97.7. The Morgan fingerprint density at radius 2 is 2.18 bits per heavy atom. The van der Waals surface area contributed by atoms with E-state index in [9.17, 15) is 0 Å². The second kappa shape index (κ2) is 6.38. The number of ether oxygens (including phenoxy) is 1. The van der Waals surface area contributed by atoms with Gasteiger partial charge in [0.05, 0.1) is 6.10 Å². The molecule has 2 N–H and O–H groups in total. The molecule has 2 heteroatoms. The zero-order valence-electron chi connectivity index (χ0n) is 7.55. The molecule has 0 rings (SSSR count). The predicted octanol–water partition coefficient (Wildman–Crippen LogP) is 1.70. The van der Waals surface area contributed by atoms with Gasteiger partial charge >= 0.3 is 0 Å². The molecule has 0 saturated heterocycles. The van der Waals surface area contributed by atoms with E-state index in [0.717, 1.165) is 19.4 Å². The normalized spacial score (nSPS) is 15.9. The van der Waals surface area contributed by atoms with Crippen molar-refractivity contribution in [2.75, 3.05) is 6.61 Å². The van der Waals surface area contributed by atoms with Crippen LogP contribution in [0.5, 0.6) is 0 Å². The summed E-state index contributed by atoms with van der Waals surface area (Å²) in [6.45, 7) is 8.48. The zero-order valence-corrected chi connectivity index (χ0v) is 7.55.